The number of hydrogen-bond acceptors (Lipinski definition) is 5. The Balaban J connectivity index is 1.68. The summed E-state index contributed by atoms with van der Waals surface area (Å²) < 4.78 is 46.1. The molecule has 2 aromatic heterocycles. The number of amides is 1. The van der Waals surface area contributed by atoms with Crippen molar-refractivity contribution in [2.24, 2.45) is 0 Å². The van der Waals surface area contributed by atoms with Crippen LogP contribution in [0.4, 0.5) is 13.2 Å². The molecule has 0 atom stereocenters. The van der Waals surface area contributed by atoms with E-state index in [2.05, 4.69) is 20.6 Å². The summed E-state index contributed by atoms with van der Waals surface area (Å²) in [6.45, 7) is -0.369. The number of halogens is 4. The van der Waals surface area contributed by atoms with E-state index in [1.807, 2.05) is 0 Å². The maximum Gasteiger partial charge on any atom is 0.280 e. The summed E-state index contributed by atoms with van der Waals surface area (Å²) in [4.78, 5) is 15.9. The Morgan fingerprint density at radius 3 is 2.76 bits per heavy atom. The standard InChI is InChI=1S/C18H15ClF3N5O2/c1-23-14(28)8-27-13(15(21)22)7-12(25-27)16-24-17(26-29-16)18(4-5-18)10-3-2-9(20)6-11(10)19/h2-3,6-7,15H,4-5,8H2,1H3,(H,23,28). The fraction of sp³-hybridized carbons (Fsp3) is 0.333. The summed E-state index contributed by atoms with van der Waals surface area (Å²) in [5.74, 6) is -0.664. The lowest BCUT2D eigenvalue weighted by Crippen LogP contribution is -2.25. The Labute approximate surface area is 167 Å². The normalized spacial score (nSPS) is 15.0. The van der Waals surface area contributed by atoms with Crippen LogP contribution in [0, 0.1) is 5.82 Å². The highest BCUT2D eigenvalue weighted by Crippen LogP contribution is 2.54. The number of carbonyl (C=O) groups is 1. The van der Waals surface area contributed by atoms with Gasteiger partial charge in [0.1, 0.15) is 18.1 Å². The predicted molar refractivity (Wildman–Crippen MR) is 96.0 cm³/mol. The summed E-state index contributed by atoms with van der Waals surface area (Å²) in [5.41, 5.74) is -0.343. The summed E-state index contributed by atoms with van der Waals surface area (Å²) in [6.07, 6.45) is -1.47. The number of nitrogens with zero attached hydrogens (tertiary/aromatic N) is 4. The van der Waals surface area contributed by atoms with Gasteiger partial charge in [-0.2, -0.15) is 10.1 Å². The zero-order valence-corrected chi connectivity index (χ0v) is 15.9. The first kappa shape index (κ1) is 19.4. The Morgan fingerprint density at radius 1 is 1.38 bits per heavy atom. The molecule has 1 fully saturated rings. The van der Waals surface area contributed by atoms with Crippen LogP contribution in [0.1, 0.15) is 36.3 Å². The second-order valence-electron chi connectivity index (χ2n) is 6.72. The Kier molecular flexibility index (Phi) is 4.81. The molecule has 1 saturated carbocycles. The van der Waals surface area contributed by atoms with Gasteiger partial charge in [0.15, 0.2) is 11.5 Å². The molecule has 0 unspecified atom stereocenters. The number of aromatic nitrogens is 4. The highest BCUT2D eigenvalue weighted by Gasteiger charge is 2.51. The molecule has 1 aliphatic rings. The van der Waals surface area contributed by atoms with Gasteiger partial charge in [-0.15, -0.1) is 0 Å². The topological polar surface area (TPSA) is 85.8 Å². The highest BCUT2D eigenvalue weighted by molar-refractivity contribution is 6.31. The molecular formula is C18H15ClF3N5O2. The van der Waals surface area contributed by atoms with Gasteiger partial charge >= 0.3 is 0 Å². The third kappa shape index (κ3) is 3.48. The van der Waals surface area contributed by atoms with Crippen LogP contribution in [0.15, 0.2) is 28.8 Å². The smallest absolute Gasteiger partial charge is 0.280 e. The fourth-order valence-corrected chi connectivity index (χ4v) is 3.54. The van der Waals surface area contributed by atoms with Gasteiger partial charge in [0.05, 0.1) is 5.41 Å². The summed E-state index contributed by atoms with van der Waals surface area (Å²) in [5, 5.41) is 10.6. The predicted octanol–water partition coefficient (Wildman–Crippen LogP) is 3.49. The fourth-order valence-electron chi connectivity index (χ4n) is 3.19. The quantitative estimate of drug-likeness (QED) is 0.653. The molecule has 1 aliphatic carbocycles. The molecule has 1 amide bonds. The van der Waals surface area contributed by atoms with Gasteiger partial charge in [0, 0.05) is 12.1 Å². The number of alkyl halides is 2. The van der Waals surface area contributed by atoms with Crippen LogP contribution in [0.25, 0.3) is 11.6 Å². The third-order valence-electron chi connectivity index (χ3n) is 4.88. The average Bonchev–Trinajstić information content (AvgIpc) is 3.13. The molecule has 0 spiro atoms. The molecule has 3 aromatic rings. The van der Waals surface area contributed by atoms with Crippen molar-refractivity contribution in [2.45, 2.75) is 31.2 Å². The Bertz CT molecular complexity index is 1080. The minimum atomic E-state index is -2.84. The molecule has 0 bridgehead atoms. The largest absolute Gasteiger partial charge is 0.358 e. The summed E-state index contributed by atoms with van der Waals surface area (Å²) >= 11 is 6.19. The van der Waals surface area contributed by atoms with Crippen LogP contribution in [-0.2, 0) is 16.8 Å². The molecule has 7 nitrogen and oxygen atoms in total. The monoisotopic (exact) mass is 425 g/mol. The maximum absolute atomic E-state index is 13.4. The van der Waals surface area contributed by atoms with E-state index in [1.165, 1.54) is 19.2 Å². The van der Waals surface area contributed by atoms with Crippen molar-refractivity contribution in [3.05, 3.63) is 52.2 Å². The molecule has 4 rings (SSSR count). The minimum absolute atomic E-state index is 0.0314. The number of nitrogens with one attached hydrogen (secondary N) is 1. The lowest BCUT2D eigenvalue weighted by Gasteiger charge is -2.12. The maximum atomic E-state index is 13.4. The van der Waals surface area contributed by atoms with Crippen molar-refractivity contribution in [3.63, 3.8) is 0 Å². The van der Waals surface area contributed by atoms with Crippen molar-refractivity contribution in [1.29, 1.82) is 0 Å². The van der Waals surface area contributed by atoms with Crippen molar-refractivity contribution in [3.8, 4) is 11.6 Å². The van der Waals surface area contributed by atoms with Gasteiger partial charge in [-0.3, -0.25) is 9.48 Å². The van der Waals surface area contributed by atoms with Crippen molar-refractivity contribution < 1.29 is 22.5 Å². The number of hydrogen-bond donors (Lipinski definition) is 1. The van der Waals surface area contributed by atoms with Gasteiger partial charge in [-0.05, 0) is 36.6 Å². The summed E-state index contributed by atoms with van der Waals surface area (Å²) in [6, 6.07) is 5.20. The van der Waals surface area contributed by atoms with Crippen LogP contribution in [0.5, 0.6) is 0 Å². The number of likely N-dealkylation sites (N-methyl/N-ethyl adjacent to an activating group) is 1. The van der Waals surface area contributed by atoms with E-state index in [0.29, 0.717) is 24.2 Å². The molecule has 0 radical (unpaired) electrons. The second-order valence-corrected chi connectivity index (χ2v) is 7.12. The van der Waals surface area contributed by atoms with Crippen LogP contribution >= 0.6 is 11.6 Å². The lowest BCUT2D eigenvalue weighted by molar-refractivity contribution is -0.121. The first-order valence-corrected chi connectivity index (χ1v) is 9.08. The van der Waals surface area contributed by atoms with E-state index in [4.69, 9.17) is 16.1 Å². The minimum Gasteiger partial charge on any atom is -0.358 e. The first-order chi connectivity index (χ1) is 13.8. The highest BCUT2D eigenvalue weighted by atomic mass is 35.5. The summed E-state index contributed by atoms with van der Waals surface area (Å²) in [7, 11) is 1.40. The molecule has 0 aliphatic heterocycles. The van der Waals surface area contributed by atoms with E-state index in [9.17, 15) is 18.0 Å². The number of rotatable bonds is 6. The van der Waals surface area contributed by atoms with Crippen LogP contribution in [0.2, 0.25) is 5.02 Å². The van der Waals surface area contributed by atoms with Gasteiger partial charge in [0.2, 0.25) is 5.91 Å². The van der Waals surface area contributed by atoms with Crippen molar-refractivity contribution >= 4 is 17.5 Å². The third-order valence-corrected chi connectivity index (χ3v) is 5.19. The average molecular weight is 426 g/mol. The van der Waals surface area contributed by atoms with E-state index in [-0.39, 0.29) is 23.2 Å². The molecule has 11 heteroatoms. The zero-order valence-electron chi connectivity index (χ0n) is 15.1. The van der Waals surface area contributed by atoms with Gasteiger partial charge < -0.3 is 9.84 Å². The molecule has 152 valence electrons. The van der Waals surface area contributed by atoms with Crippen LogP contribution in [-0.4, -0.2) is 32.9 Å². The SMILES string of the molecule is CNC(=O)Cn1nc(-c2nc(C3(c4ccc(F)cc4Cl)CC3)no2)cc1C(F)F. The molecule has 2 heterocycles. The molecule has 1 aromatic carbocycles. The van der Waals surface area contributed by atoms with E-state index in [1.54, 1.807) is 6.07 Å². The van der Waals surface area contributed by atoms with Gasteiger partial charge in [-0.25, -0.2) is 13.2 Å². The molecule has 29 heavy (non-hydrogen) atoms. The van der Waals surface area contributed by atoms with Gasteiger partial charge in [-0.1, -0.05) is 22.8 Å². The molecule has 0 saturated heterocycles. The second kappa shape index (κ2) is 7.18. The van der Waals surface area contributed by atoms with Crippen LogP contribution in [0.3, 0.4) is 0 Å². The Morgan fingerprint density at radius 2 is 2.14 bits per heavy atom. The van der Waals surface area contributed by atoms with E-state index >= 15 is 0 Å². The van der Waals surface area contributed by atoms with E-state index < -0.39 is 29.3 Å². The van der Waals surface area contributed by atoms with E-state index in [0.717, 1.165) is 10.7 Å². The van der Waals surface area contributed by atoms with Crippen LogP contribution < -0.4 is 5.32 Å². The van der Waals surface area contributed by atoms with Crippen molar-refractivity contribution in [1.82, 2.24) is 25.2 Å². The number of carbonyl (C=O) groups excluding carboxylic acids is 1. The lowest BCUT2D eigenvalue weighted by atomic mass is 9.95. The molecular weight excluding hydrogens is 411 g/mol. The number of benzene rings is 1. The zero-order chi connectivity index (χ0) is 20.8. The Hall–Kier alpha value is -2.88. The van der Waals surface area contributed by atoms with Crippen molar-refractivity contribution in [2.75, 3.05) is 7.05 Å². The molecule has 1 N–H and O–H groups in total. The van der Waals surface area contributed by atoms with Gasteiger partial charge in [0.25, 0.3) is 12.3 Å². The first-order valence-electron chi connectivity index (χ1n) is 8.70.